The van der Waals surface area contributed by atoms with Gasteiger partial charge in [0.05, 0.1) is 11.5 Å². The third-order valence-corrected chi connectivity index (χ3v) is 3.13. The Morgan fingerprint density at radius 1 is 1.62 bits per heavy atom. The molecule has 0 amide bonds. The minimum Gasteiger partial charge on any atom is -0.388 e. The Balaban J connectivity index is 2.66. The first-order chi connectivity index (χ1) is 7.49. The summed E-state index contributed by atoms with van der Waals surface area (Å²) in [4.78, 5) is 6.69. The summed E-state index contributed by atoms with van der Waals surface area (Å²) in [7, 11) is 0. The van der Waals surface area contributed by atoms with Gasteiger partial charge in [0.15, 0.2) is 5.13 Å². The number of hydrogen-bond donors (Lipinski definition) is 2. The van der Waals surface area contributed by atoms with Gasteiger partial charge in [-0.05, 0) is 12.8 Å². The Labute approximate surface area is 101 Å². The molecule has 0 spiro atoms. The van der Waals surface area contributed by atoms with Gasteiger partial charge in [-0.3, -0.25) is 5.41 Å². The summed E-state index contributed by atoms with van der Waals surface area (Å²) in [5.41, 5.74) is 6.45. The van der Waals surface area contributed by atoms with Crippen LogP contribution in [0.15, 0.2) is 5.38 Å². The fraction of sp³-hybridized carbons (Fsp3) is 0.636. The van der Waals surface area contributed by atoms with Crippen molar-refractivity contribution >= 4 is 22.3 Å². The van der Waals surface area contributed by atoms with Crippen LogP contribution in [-0.2, 0) is 0 Å². The number of aryl methyl sites for hydroxylation is 1. The van der Waals surface area contributed by atoms with E-state index in [4.69, 9.17) is 11.1 Å². The molecule has 0 unspecified atom stereocenters. The van der Waals surface area contributed by atoms with Crippen molar-refractivity contribution < 1.29 is 0 Å². The van der Waals surface area contributed by atoms with Crippen molar-refractivity contribution in [2.45, 2.75) is 27.2 Å². The number of hydrogen-bond acceptors (Lipinski definition) is 4. The first-order valence-electron chi connectivity index (χ1n) is 5.49. The van der Waals surface area contributed by atoms with Gasteiger partial charge < -0.3 is 10.6 Å². The van der Waals surface area contributed by atoms with E-state index >= 15 is 0 Å². The minimum absolute atomic E-state index is 0.238. The average Bonchev–Trinajstić information content (AvgIpc) is 2.58. The Bertz CT molecular complexity index is 346. The molecule has 0 aliphatic carbocycles. The zero-order chi connectivity index (χ0) is 12.1. The number of aromatic nitrogens is 1. The summed E-state index contributed by atoms with van der Waals surface area (Å²) in [6.07, 6.45) is 0.603. The van der Waals surface area contributed by atoms with Crippen LogP contribution >= 0.6 is 11.3 Å². The molecule has 16 heavy (non-hydrogen) atoms. The van der Waals surface area contributed by atoms with Crippen LogP contribution in [0, 0.1) is 18.3 Å². The summed E-state index contributed by atoms with van der Waals surface area (Å²) >= 11 is 1.65. The monoisotopic (exact) mass is 240 g/mol. The fourth-order valence-electron chi connectivity index (χ4n) is 1.45. The van der Waals surface area contributed by atoms with Crippen molar-refractivity contribution in [2.24, 2.45) is 11.7 Å². The van der Waals surface area contributed by atoms with E-state index in [0.29, 0.717) is 12.3 Å². The summed E-state index contributed by atoms with van der Waals surface area (Å²) in [5, 5.41) is 10.4. The number of rotatable bonds is 6. The van der Waals surface area contributed by atoms with E-state index in [0.717, 1.165) is 23.9 Å². The van der Waals surface area contributed by atoms with Crippen LogP contribution in [0.3, 0.4) is 0 Å². The van der Waals surface area contributed by atoms with E-state index < -0.39 is 0 Å². The molecule has 0 aliphatic rings. The summed E-state index contributed by atoms with van der Waals surface area (Å²) in [5.74, 6) is 0.818. The Hall–Kier alpha value is -1.10. The first-order valence-corrected chi connectivity index (χ1v) is 6.37. The van der Waals surface area contributed by atoms with Gasteiger partial charge >= 0.3 is 0 Å². The van der Waals surface area contributed by atoms with Crippen LogP contribution in [0.4, 0.5) is 5.13 Å². The molecular weight excluding hydrogens is 220 g/mol. The molecule has 90 valence electrons. The minimum atomic E-state index is 0.238. The van der Waals surface area contributed by atoms with Crippen molar-refractivity contribution in [3.8, 4) is 0 Å². The van der Waals surface area contributed by atoms with Gasteiger partial charge in [-0.15, -0.1) is 11.3 Å². The van der Waals surface area contributed by atoms with Gasteiger partial charge in [0.2, 0.25) is 0 Å². The first kappa shape index (κ1) is 13.0. The largest absolute Gasteiger partial charge is 0.388 e. The van der Waals surface area contributed by atoms with E-state index in [9.17, 15) is 0 Å². The van der Waals surface area contributed by atoms with E-state index in [1.165, 1.54) is 0 Å². The van der Waals surface area contributed by atoms with Gasteiger partial charge in [0.25, 0.3) is 0 Å². The Morgan fingerprint density at radius 2 is 2.31 bits per heavy atom. The molecule has 0 atom stereocenters. The SMILES string of the molecule is Cc1csc(N(CCC(=N)N)CC(C)C)n1. The molecule has 0 fully saturated rings. The van der Waals surface area contributed by atoms with Gasteiger partial charge in [-0.1, -0.05) is 13.8 Å². The molecule has 0 radical (unpaired) electrons. The summed E-state index contributed by atoms with van der Waals surface area (Å²) in [6.45, 7) is 8.10. The van der Waals surface area contributed by atoms with E-state index in [-0.39, 0.29) is 5.84 Å². The average molecular weight is 240 g/mol. The molecule has 0 bridgehead atoms. The van der Waals surface area contributed by atoms with Crippen molar-refractivity contribution in [2.75, 3.05) is 18.0 Å². The molecule has 4 nitrogen and oxygen atoms in total. The number of anilines is 1. The van der Waals surface area contributed by atoms with Crippen LogP contribution in [0.1, 0.15) is 26.0 Å². The van der Waals surface area contributed by atoms with Crippen molar-refractivity contribution in [3.63, 3.8) is 0 Å². The normalized spacial score (nSPS) is 10.8. The molecule has 0 saturated carbocycles. The van der Waals surface area contributed by atoms with Crippen molar-refractivity contribution in [3.05, 3.63) is 11.1 Å². The number of nitrogens with zero attached hydrogens (tertiary/aromatic N) is 2. The lowest BCUT2D eigenvalue weighted by Crippen LogP contribution is -2.31. The highest BCUT2D eigenvalue weighted by Crippen LogP contribution is 2.21. The molecular formula is C11H20N4S. The number of thiazole rings is 1. The molecule has 1 aromatic heterocycles. The lowest BCUT2D eigenvalue weighted by molar-refractivity contribution is 0.612. The maximum Gasteiger partial charge on any atom is 0.185 e. The summed E-state index contributed by atoms with van der Waals surface area (Å²) in [6, 6.07) is 0. The number of nitrogens with one attached hydrogen (secondary N) is 1. The predicted octanol–water partition coefficient (Wildman–Crippen LogP) is 2.24. The highest BCUT2D eigenvalue weighted by atomic mass is 32.1. The molecule has 5 heteroatoms. The molecule has 1 aromatic rings. The topological polar surface area (TPSA) is 66.0 Å². The lowest BCUT2D eigenvalue weighted by Gasteiger charge is -2.23. The molecule has 1 heterocycles. The Kier molecular flexibility index (Phi) is 4.73. The van der Waals surface area contributed by atoms with Gasteiger partial charge in [-0.2, -0.15) is 0 Å². The quantitative estimate of drug-likeness (QED) is 0.592. The molecule has 0 saturated heterocycles. The second kappa shape index (κ2) is 5.84. The zero-order valence-electron chi connectivity index (χ0n) is 10.2. The zero-order valence-corrected chi connectivity index (χ0v) is 11.0. The van der Waals surface area contributed by atoms with E-state index in [1.807, 2.05) is 6.92 Å². The highest BCUT2D eigenvalue weighted by Gasteiger charge is 2.12. The molecule has 1 rings (SSSR count). The van der Waals surface area contributed by atoms with Crippen LogP contribution in [0.2, 0.25) is 0 Å². The van der Waals surface area contributed by atoms with Crippen LogP contribution < -0.4 is 10.6 Å². The van der Waals surface area contributed by atoms with Crippen molar-refractivity contribution in [1.82, 2.24) is 4.98 Å². The van der Waals surface area contributed by atoms with E-state index in [1.54, 1.807) is 11.3 Å². The third-order valence-electron chi connectivity index (χ3n) is 2.11. The van der Waals surface area contributed by atoms with Gasteiger partial charge in [0, 0.05) is 24.9 Å². The highest BCUT2D eigenvalue weighted by molar-refractivity contribution is 7.13. The van der Waals surface area contributed by atoms with Crippen LogP contribution in [0.5, 0.6) is 0 Å². The second-order valence-corrected chi connectivity index (χ2v) is 5.22. The maximum atomic E-state index is 7.27. The third kappa shape index (κ3) is 4.18. The standard InChI is InChI=1S/C11H20N4S/c1-8(2)6-15(5-4-10(12)13)11-14-9(3)7-16-11/h7-8H,4-6H2,1-3H3,(H3,12,13). The van der Waals surface area contributed by atoms with Crippen LogP contribution in [0.25, 0.3) is 0 Å². The molecule has 3 N–H and O–H groups in total. The molecule has 0 aliphatic heterocycles. The Morgan fingerprint density at radius 3 is 2.75 bits per heavy atom. The second-order valence-electron chi connectivity index (χ2n) is 4.39. The number of amidine groups is 1. The lowest BCUT2D eigenvalue weighted by atomic mass is 10.2. The van der Waals surface area contributed by atoms with Gasteiger partial charge in [0.1, 0.15) is 0 Å². The van der Waals surface area contributed by atoms with Crippen molar-refractivity contribution in [1.29, 1.82) is 5.41 Å². The predicted molar refractivity (Wildman–Crippen MR) is 70.4 cm³/mol. The van der Waals surface area contributed by atoms with Gasteiger partial charge in [-0.25, -0.2) is 4.98 Å². The maximum absolute atomic E-state index is 7.27. The van der Waals surface area contributed by atoms with Crippen LogP contribution in [-0.4, -0.2) is 23.9 Å². The number of nitrogens with two attached hydrogens (primary N) is 1. The molecule has 0 aromatic carbocycles. The smallest absolute Gasteiger partial charge is 0.185 e. The summed E-state index contributed by atoms with van der Waals surface area (Å²) < 4.78 is 0. The van der Waals surface area contributed by atoms with E-state index in [2.05, 4.69) is 29.1 Å². The fourth-order valence-corrected chi connectivity index (χ4v) is 2.29.